The minimum absolute atomic E-state index is 0.202. The molecule has 10 nitrogen and oxygen atoms in total. The standard InChI is InChI=1S/C26H34N6O4/c1-7-31-24(25(33)35-8-2)18(5)23(29-31)19-12-13-22(17(4)14-19)36-15-20-16(3)10-9-11-21(20)32(28)26(34)30(6)27/h9-14H,7-8,15,27-28H2,1-6H3. The average molecular weight is 495 g/mol. The summed E-state index contributed by atoms with van der Waals surface area (Å²) in [6, 6.07) is 10.7. The third-order valence-electron chi connectivity index (χ3n) is 5.93. The van der Waals surface area contributed by atoms with Crippen LogP contribution < -0.4 is 21.4 Å². The number of rotatable bonds is 8. The summed E-state index contributed by atoms with van der Waals surface area (Å²) in [5.74, 6) is 11.9. The number of nitrogens with two attached hydrogens (primary N) is 2. The van der Waals surface area contributed by atoms with Crippen molar-refractivity contribution >= 4 is 17.7 Å². The summed E-state index contributed by atoms with van der Waals surface area (Å²) in [5.41, 5.74) is 5.93. The Morgan fingerprint density at radius 2 is 1.78 bits per heavy atom. The third kappa shape index (κ3) is 5.34. The molecule has 0 bridgehead atoms. The van der Waals surface area contributed by atoms with E-state index in [0.717, 1.165) is 43.5 Å². The predicted octanol–water partition coefficient (Wildman–Crippen LogP) is 3.86. The first kappa shape index (κ1) is 26.7. The molecular weight excluding hydrogens is 460 g/mol. The van der Waals surface area contributed by atoms with Gasteiger partial charge in [-0.15, -0.1) is 0 Å². The van der Waals surface area contributed by atoms with Gasteiger partial charge in [0, 0.05) is 30.3 Å². The minimum Gasteiger partial charge on any atom is -0.489 e. The van der Waals surface area contributed by atoms with Crippen molar-refractivity contribution in [3.63, 3.8) is 0 Å². The van der Waals surface area contributed by atoms with Crippen molar-refractivity contribution < 1.29 is 19.1 Å². The van der Waals surface area contributed by atoms with Crippen LogP contribution in [0.25, 0.3) is 11.3 Å². The maximum Gasteiger partial charge on any atom is 0.356 e. The Balaban J connectivity index is 1.88. The molecule has 0 atom stereocenters. The second kappa shape index (κ2) is 11.2. The van der Waals surface area contributed by atoms with Gasteiger partial charge < -0.3 is 9.47 Å². The normalized spacial score (nSPS) is 10.8. The molecule has 10 heteroatoms. The van der Waals surface area contributed by atoms with Crippen LogP contribution in [-0.2, 0) is 17.9 Å². The molecular formula is C26H34N6O4. The number of nitrogens with zero attached hydrogens (tertiary/aromatic N) is 4. The van der Waals surface area contributed by atoms with Crippen LogP contribution in [0.1, 0.15) is 46.6 Å². The molecule has 3 rings (SSSR count). The van der Waals surface area contributed by atoms with Gasteiger partial charge in [-0.1, -0.05) is 12.1 Å². The topological polar surface area (TPSA) is 129 Å². The minimum atomic E-state index is -0.550. The van der Waals surface area contributed by atoms with E-state index < -0.39 is 6.03 Å². The van der Waals surface area contributed by atoms with Crippen LogP contribution in [-0.4, -0.2) is 40.4 Å². The predicted molar refractivity (Wildman–Crippen MR) is 138 cm³/mol. The number of amides is 2. The lowest BCUT2D eigenvalue weighted by atomic mass is 10.0. The molecule has 0 aliphatic heterocycles. The van der Waals surface area contributed by atoms with Gasteiger partial charge >= 0.3 is 12.0 Å². The highest BCUT2D eigenvalue weighted by atomic mass is 16.5. The van der Waals surface area contributed by atoms with Gasteiger partial charge in [0.1, 0.15) is 18.1 Å². The Kier molecular flexibility index (Phi) is 8.33. The fourth-order valence-corrected chi connectivity index (χ4v) is 3.99. The van der Waals surface area contributed by atoms with Gasteiger partial charge in [0.2, 0.25) is 0 Å². The lowest BCUT2D eigenvalue weighted by Crippen LogP contribution is -2.49. The van der Waals surface area contributed by atoms with Gasteiger partial charge in [-0.05, 0) is 70.0 Å². The van der Waals surface area contributed by atoms with E-state index in [4.69, 9.17) is 21.2 Å². The number of ether oxygens (including phenoxy) is 2. The molecule has 192 valence electrons. The number of urea groups is 1. The van der Waals surface area contributed by atoms with Crippen molar-refractivity contribution in [2.45, 2.75) is 47.8 Å². The number of carbonyl (C=O) groups excluding carboxylic acids is 2. The Morgan fingerprint density at radius 1 is 1.06 bits per heavy atom. The Bertz CT molecular complexity index is 1270. The number of hydrazine groups is 2. The third-order valence-corrected chi connectivity index (χ3v) is 5.93. The number of benzene rings is 2. The summed E-state index contributed by atoms with van der Waals surface area (Å²) in [7, 11) is 1.43. The fraction of sp³-hybridized carbons (Fsp3) is 0.346. The molecule has 0 radical (unpaired) electrons. The molecule has 0 spiro atoms. The molecule has 3 aromatic rings. The number of aromatic nitrogens is 2. The van der Waals surface area contributed by atoms with Crippen LogP contribution in [0.15, 0.2) is 36.4 Å². The number of hydrogen-bond acceptors (Lipinski definition) is 7. The second-order valence-corrected chi connectivity index (χ2v) is 8.46. The van der Waals surface area contributed by atoms with Gasteiger partial charge in [0.15, 0.2) is 0 Å². The van der Waals surface area contributed by atoms with Crippen molar-refractivity contribution in [1.29, 1.82) is 0 Å². The molecule has 0 fully saturated rings. The Morgan fingerprint density at radius 3 is 2.39 bits per heavy atom. The van der Waals surface area contributed by atoms with E-state index in [1.165, 1.54) is 7.05 Å². The van der Waals surface area contributed by atoms with E-state index in [1.807, 2.05) is 58.0 Å². The van der Waals surface area contributed by atoms with Crippen molar-refractivity contribution in [3.05, 3.63) is 64.3 Å². The Hall–Kier alpha value is -3.89. The zero-order chi connectivity index (χ0) is 26.6. The summed E-state index contributed by atoms with van der Waals surface area (Å²) in [6.45, 7) is 10.5. The van der Waals surface area contributed by atoms with Crippen LogP contribution in [0.2, 0.25) is 0 Å². The molecule has 0 saturated carbocycles. The van der Waals surface area contributed by atoms with Crippen molar-refractivity contribution in [1.82, 2.24) is 14.8 Å². The molecule has 0 saturated heterocycles. The van der Waals surface area contributed by atoms with Gasteiger partial charge in [0.05, 0.1) is 18.0 Å². The molecule has 0 unspecified atom stereocenters. The van der Waals surface area contributed by atoms with E-state index in [0.29, 0.717) is 30.3 Å². The monoisotopic (exact) mass is 494 g/mol. The number of carbonyl (C=O) groups is 2. The van der Waals surface area contributed by atoms with E-state index in [-0.39, 0.29) is 12.6 Å². The molecule has 2 amide bonds. The van der Waals surface area contributed by atoms with E-state index in [9.17, 15) is 9.59 Å². The van der Waals surface area contributed by atoms with Crippen molar-refractivity contribution in [3.8, 4) is 17.0 Å². The summed E-state index contributed by atoms with van der Waals surface area (Å²) in [6.07, 6.45) is 0. The first-order valence-electron chi connectivity index (χ1n) is 11.7. The summed E-state index contributed by atoms with van der Waals surface area (Å²) < 4.78 is 13.0. The van der Waals surface area contributed by atoms with E-state index in [1.54, 1.807) is 17.7 Å². The van der Waals surface area contributed by atoms with Crippen molar-refractivity contribution in [2.24, 2.45) is 11.7 Å². The lowest BCUT2D eigenvalue weighted by Gasteiger charge is -2.24. The number of hydrogen-bond donors (Lipinski definition) is 2. The zero-order valence-corrected chi connectivity index (χ0v) is 21.7. The molecule has 0 aliphatic carbocycles. The summed E-state index contributed by atoms with van der Waals surface area (Å²) in [5, 5.41) is 6.58. The maximum atomic E-state index is 12.5. The number of aryl methyl sites for hydroxylation is 3. The fourth-order valence-electron chi connectivity index (χ4n) is 3.99. The van der Waals surface area contributed by atoms with Crippen LogP contribution >= 0.6 is 0 Å². The molecule has 36 heavy (non-hydrogen) atoms. The lowest BCUT2D eigenvalue weighted by molar-refractivity contribution is 0.0511. The largest absolute Gasteiger partial charge is 0.489 e. The highest BCUT2D eigenvalue weighted by Gasteiger charge is 2.23. The first-order valence-corrected chi connectivity index (χ1v) is 11.7. The van der Waals surface area contributed by atoms with Crippen LogP contribution in [0, 0.1) is 20.8 Å². The average Bonchev–Trinajstić information content (AvgIpc) is 3.19. The summed E-state index contributed by atoms with van der Waals surface area (Å²) >= 11 is 0. The van der Waals surface area contributed by atoms with Gasteiger partial charge in [0.25, 0.3) is 0 Å². The highest BCUT2D eigenvalue weighted by Crippen LogP contribution is 2.31. The smallest absolute Gasteiger partial charge is 0.356 e. The van der Waals surface area contributed by atoms with E-state index in [2.05, 4.69) is 5.10 Å². The molecule has 0 aliphatic rings. The van der Waals surface area contributed by atoms with Crippen molar-refractivity contribution in [2.75, 3.05) is 18.7 Å². The van der Waals surface area contributed by atoms with Gasteiger partial charge in [-0.3, -0.25) is 9.69 Å². The number of esters is 1. The van der Waals surface area contributed by atoms with Crippen LogP contribution in [0.4, 0.5) is 10.5 Å². The van der Waals surface area contributed by atoms with Gasteiger partial charge in [-0.2, -0.15) is 5.10 Å². The molecule has 4 N–H and O–H groups in total. The first-order chi connectivity index (χ1) is 17.1. The summed E-state index contributed by atoms with van der Waals surface area (Å²) in [4.78, 5) is 24.8. The second-order valence-electron chi connectivity index (χ2n) is 8.46. The zero-order valence-electron chi connectivity index (χ0n) is 21.7. The maximum absolute atomic E-state index is 12.5. The Labute approximate surface area is 211 Å². The van der Waals surface area contributed by atoms with Crippen LogP contribution in [0.3, 0.4) is 0 Å². The quantitative estimate of drug-likeness (QED) is 0.211. The molecule has 1 aromatic heterocycles. The van der Waals surface area contributed by atoms with E-state index >= 15 is 0 Å². The highest BCUT2D eigenvalue weighted by molar-refractivity contribution is 5.92. The number of anilines is 1. The molecule has 1 heterocycles. The van der Waals surface area contributed by atoms with Gasteiger partial charge in [-0.25, -0.2) is 26.3 Å². The van der Waals surface area contributed by atoms with Crippen LogP contribution in [0.5, 0.6) is 5.75 Å². The SMILES string of the molecule is CCOC(=O)c1c(C)c(-c2ccc(OCc3c(C)cccc3N(N)C(=O)N(C)N)c(C)c2)nn1CC. The molecule has 2 aromatic carbocycles.